The molecule has 0 bridgehead atoms. The number of nitrogens with zero attached hydrogens (tertiary/aromatic N) is 1. The molecule has 1 heterocycles. The van der Waals surface area contributed by atoms with Gasteiger partial charge in [-0.1, -0.05) is 0 Å². The predicted octanol–water partition coefficient (Wildman–Crippen LogP) is 2.69. The van der Waals surface area contributed by atoms with E-state index in [-0.39, 0.29) is 6.04 Å². The van der Waals surface area contributed by atoms with Crippen molar-refractivity contribution in [1.29, 1.82) is 0 Å². The number of halogens is 1. The van der Waals surface area contributed by atoms with Crippen LogP contribution in [0.3, 0.4) is 0 Å². The van der Waals surface area contributed by atoms with Gasteiger partial charge in [-0.25, -0.2) is 8.42 Å². The maximum atomic E-state index is 12.3. The van der Waals surface area contributed by atoms with Crippen LogP contribution in [0.1, 0.15) is 18.7 Å². The number of rotatable bonds is 5. The molecule has 1 aromatic heterocycles. The van der Waals surface area contributed by atoms with Crippen molar-refractivity contribution in [1.82, 2.24) is 4.31 Å². The van der Waals surface area contributed by atoms with E-state index in [0.29, 0.717) is 16.6 Å². The first-order valence-corrected chi connectivity index (χ1v) is 7.83. The molecule has 0 spiro atoms. The Morgan fingerprint density at radius 2 is 2.06 bits per heavy atom. The van der Waals surface area contributed by atoms with E-state index in [1.807, 2.05) is 26.8 Å². The van der Waals surface area contributed by atoms with Gasteiger partial charge in [0, 0.05) is 23.3 Å². The normalized spacial score (nSPS) is 12.6. The average molecular weight is 282 g/mol. The lowest BCUT2D eigenvalue weighted by Gasteiger charge is -2.24. The van der Waals surface area contributed by atoms with Crippen LogP contribution >= 0.6 is 22.9 Å². The monoisotopic (exact) mass is 281 g/mol. The van der Waals surface area contributed by atoms with Crippen LogP contribution < -0.4 is 0 Å². The molecule has 92 valence electrons. The van der Waals surface area contributed by atoms with E-state index in [9.17, 15) is 8.42 Å². The highest BCUT2D eigenvalue weighted by molar-refractivity contribution is 7.91. The van der Waals surface area contributed by atoms with Gasteiger partial charge in [0.05, 0.1) is 0 Å². The minimum atomic E-state index is -3.37. The van der Waals surface area contributed by atoms with Crippen LogP contribution in [0.15, 0.2) is 16.3 Å². The zero-order chi connectivity index (χ0) is 12.3. The standard InChI is InChI=1S/C10H16ClNO2S2/c1-8(2)12(7-6-11)16(13,14)10-5-4-9(3)15-10/h4-5,8H,6-7H2,1-3H3. The van der Waals surface area contributed by atoms with Gasteiger partial charge in [-0.2, -0.15) is 4.31 Å². The molecule has 0 saturated heterocycles. The first-order valence-electron chi connectivity index (χ1n) is 5.04. The van der Waals surface area contributed by atoms with Crippen LogP contribution in [0, 0.1) is 6.92 Å². The Bertz CT molecular complexity index is 439. The van der Waals surface area contributed by atoms with E-state index < -0.39 is 10.0 Å². The fourth-order valence-electron chi connectivity index (χ4n) is 1.41. The Morgan fingerprint density at radius 3 is 2.44 bits per heavy atom. The summed E-state index contributed by atoms with van der Waals surface area (Å²) in [4.78, 5) is 0.994. The summed E-state index contributed by atoms with van der Waals surface area (Å²) in [5, 5.41) is 0. The van der Waals surface area contributed by atoms with Crippen LogP contribution in [0.2, 0.25) is 0 Å². The van der Waals surface area contributed by atoms with E-state index in [1.165, 1.54) is 15.6 Å². The molecule has 0 aromatic carbocycles. The van der Waals surface area contributed by atoms with Gasteiger partial charge in [0.2, 0.25) is 0 Å². The van der Waals surface area contributed by atoms with E-state index in [1.54, 1.807) is 6.07 Å². The number of hydrogen-bond acceptors (Lipinski definition) is 3. The molecule has 0 unspecified atom stereocenters. The summed E-state index contributed by atoms with van der Waals surface area (Å²) >= 11 is 6.93. The number of thiophene rings is 1. The molecule has 16 heavy (non-hydrogen) atoms. The second kappa shape index (κ2) is 5.49. The first-order chi connectivity index (χ1) is 7.39. The fourth-order valence-corrected chi connectivity index (χ4v) is 4.74. The third-order valence-corrected chi connectivity index (χ3v) is 5.87. The molecule has 3 nitrogen and oxygen atoms in total. The summed E-state index contributed by atoms with van der Waals surface area (Å²) in [6.07, 6.45) is 0. The van der Waals surface area contributed by atoms with Crippen molar-refractivity contribution in [3.05, 3.63) is 17.0 Å². The smallest absolute Gasteiger partial charge is 0.206 e. The largest absolute Gasteiger partial charge is 0.252 e. The minimum Gasteiger partial charge on any atom is -0.206 e. The highest BCUT2D eigenvalue weighted by Crippen LogP contribution is 2.25. The molecule has 1 aromatic rings. The summed E-state index contributed by atoms with van der Waals surface area (Å²) in [6.45, 7) is 5.94. The number of aryl methyl sites for hydroxylation is 1. The molecule has 6 heteroatoms. The van der Waals surface area contributed by atoms with Gasteiger partial charge in [0.25, 0.3) is 10.0 Å². The third-order valence-electron chi connectivity index (χ3n) is 2.16. The molecular weight excluding hydrogens is 266 g/mol. The lowest BCUT2D eigenvalue weighted by atomic mass is 10.4. The summed E-state index contributed by atoms with van der Waals surface area (Å²) in [5.74, 6) is 0.307. The van der Waals surface area contributed by atoms with Gasteiger partial charge in [0.15, 0.2) is 0 Å². The molecule has 0 fully saturated rings. The van der Waals surface area contributed by atoms with Crippen molar-refractivity contribution < 1.29 is 8.42 Å². The van der Waals surface area contributed by atoms with E-state index in [4.69, 9.17) is 11.6 Å². The zero-order valence-electron chi connectivity index (χ0n) is 9.60. The Labute approximate surface area is 106 Å². The van der Waals surface area contributed by atoms with E-state index in [2.05, 4.69) is 0 Å². The van der Waals surface area contributed by atoms with Gasteiger partial charge in [-0.15, -0.1) is 22.9 Å². The molecule has 0 aliphatic carbocycles. The molecule has 0 saturated carbocycles. The maximum absolute atomic E-state index is 12.3. The second-order valence-electron chi connectivity index (χ2n) is 3.76. The summed E-state index contributed by atoms with van der Waals surface area (Å²) < 4.78 is 26.3. The van der Waals surface area contributed by atoms with Crippen molar-refractivity contribution in [3.8, 4) is 0 Å². The van der Waals surface area contributed by atoms with Gasteiger partial charge < -0.3 is 0 Å². The van der Waals surface area contributed by atoms with Gasteiger partial charge in [0.1, 0.15) is 4.21 Å². The average Bonchev–Trinajstić information content (AvgIpc) is 2.61. The number of hydrogen-bond donors (Lipinski definition) is 0. The molecular formula is C10H16ClNO2S2. The lowest BCUT2D eigenvalue weighted by Crippen LogP contribution is -2.37. The van der Waals surface area contributed by atoms with Crippen LogP contribution in [-0.4, -0.2) is 31.2 Å². The van der Waals surface area contributed by atoms with E-state index in [0.717, 1.165) is 4.88 Å². The molecule has 0 amide bonds. The Morgan fingerprint density at radius 1 is 1.44 bits per heavy atom. The lowest BCUT2D eigenvalue weighted by molar-refractivity contribution is 0.371. The van der Waals surface area contributed by atoms with Gasteiger partial charge >= 0.3 is 0 Å². The van der Waals surface area contributed by atoms with Crippen LogP contribution in [0.25, 0.3) is 0 Å². The predicted molar refractivity (Wildman–Crippen MR) is 68.8 cm³/mol. The van der Waals surface area contributed by atoms with Gasteiger partial charge in [-0.3, -0.25) is 0 Å². The summed E-state index contributed by atoms with van der Waals surface area (Å²) in [6, 6.07) is 3.39. The van der Waals surface area contributed by atoms with Crippen LogP contribution in [-0.2, 0) is 10.0 Å². The van der Waals surface area contributed by atoms with Crippen molar-refractivity contribution in [2.75, 3.05) is 12.4 Å². The zero-order valence-corrected chi connectivity index (χ0v) is 12.0. The van der Waals surface area contributed by atoms with Crippen molar-refractivity contribution in [2.45, 2.75) is 31.0 Å². The van der Waals surface area contributed by atoms with Crippen molar-refractivity contribution in [3.63, 3.8) is 0 Å². The topological polar surface area (TPSA) is 37.4 Å². The SMILES string of the molecule is Cc1ccc(S(=O)(=O)N(CCCl)C(C)C)s1. The molecule has 1 rings (SSSR count). The Hall–Kier alpha value is -0.100. The maximum Gasteiger partial charge on any atom is 0.252 e. The highest BCUT2D eigenvalue weighted by Gasteiger charge is 2.27. The number of sulfonamides is 1. The van der Waals surface area contributed by atoms with Crippen LogP contribution in [0.4, 0.5) is 0 Å². The molecule has 0 N–H and O–H groups in total. The number of alkyl halides is 1. The minimum absolute atomic E-state index is 0.0776. The van der Waals surface area contributed by atoms with Crippen molar-refractivity contribution >= 4 is 33.0 Å². The second-order valence-corrected chi connectivity index (χ2v) is 7.55. The molecule has 0 aliphatic rings. The van der Waals surface area contributed by atoms with Crippen LogP contribution in [0.5, 0.6) is 0 Å². The molecule has 0 radical (unpaired) electrons. The summed E-state index contributed by atoms with van der Waals surface area (Å²) in [7, 11) is -3.37. The van der Waals surface area contributed by atoms with Crippen molar-refractivity contribution in [2.24, 2.45) is 0 Å². The van der Waals surface area contributed by atoms with Gasteiger partial charge in [-0.05, 0) is 32.9 Å². The first kappa shape index (κ1) is 14.0. The third kappa shape index (κ3) is 2.97. The highest BCUT2D eigenvalue weighted by atomic mass is 35.5. The molecule has 0 aliphatic heterocycles. The van der Waals surface area contributed by atoms with E-state index >= 15 is 0 Å². The summed E-state index contributed by atoms with van der Waals surface area (Å²) in [5.41, 5.74) is 0. The fraction of sp³-hybridized carbons (Fsp3) is 0.600. The Kier molecular flexibility index (Phi) is 4.79. The Balaban J connectivity index is 3.08. The molecule has 0 atom stereocenters. The quantitative estimate of drug-likeness (QED) is 0.778.